The van der Waals surface area contributed by atoms with Gasteiger partial charge in [-0.25, -0.2) is 9.18 Å². The van der Waals surface area contributed by atoms with E-state index < -0.39 is 11.8 Å². The van der Waals surface area contributed by atoms with Crippen molar-refractivity contribution in [2.75, 3.05) is 5.32 Å². The number of halogens is 1. The standard InChI is InChI=1S/C15H13FN2O3/c16-12-3-2-11(15(20)21)9-13(12)18-14(19)4-1-10-5-7-17-8-6-10/h2-3,5-9H,1,4H2,(H,18,19)(H,20,21). The Bertz CT molecular complexity index is 659. The van der Waals surface area contributed by atoms with Gasteiger partial charge in [-0.3, -0.25) is 9.78 Å². The molecule has 0 saturated heterocycles. The number of amides is 1. The Morgan fingerprint density at radius 3 is 2.57 bits per heavy atom. The Morgan fingerprint density at radius 2 is 1.90 bits per heavy atom. The minimum Gasteiger partial charge on any atom is -0.478 e. The van der Waals surface area contributed by atoms with Crippen LogP contribution in [0.1, 0.15) is 22.3 Å². The highest BCUT2D eigenvalue weighted by Gasteiger charge is 2.11. The lowest BCUT2D eigenvalue weighted by molar-refractivity contribution is -0.116. The molecular weight excluding hydrogens is 275 g/mol. The van der Waals surface area contributed by atoms with Crippen LogP contribution in [0.2, 0.25) is 0 Å². The van der Waals surface area contributed by atoms with Crippen LogP contribution >= 0.6 is 0 Å². The average molecular weight is 288 g/mol. The van der Waals surface area contributed by atoms with Gasteiger partial charge in [-0.15, -0.1) is 0 Å². The lowest BCUT2D eigenvalue weighted by atomic mass is 10.1. The minimum absolute atomic E-state index is 0.0826. The van der Waals surface area contributed by atoms with Gasteiger partial charge < -0.3 is 10.4 Å². The maximum absolute atomic E-state index is 13.5. The Labute approximate surface area is 120 Å². The molecule has 2 rings (SSSR count). The molecule has 0 saturated carbocycles. The van der Waals surface area contributed by atoms with E-state index in [1.807, 2.05) is 0 Å². The summed E-state index contributed by atoms with van der Waals surface area (Å²) in [5, 5.41) is 11.2. The average Bonchev–Trinajstić information content (AvgIpc) is 2.48. The van der Waals surface area contributed by atoms with Crippen molar-refractivity contribution in [2.24, 2.45) is 0 Å². The quantitative estimate of drug-likeness (QED) is 0.886. The molecule has 0 bridgehead atoms. The number of pyridine rings is 1. The van der Waals surface area contributed by atoms with Crippen LogP contribution in [-0.4, -0.2) is 22.0 Å². The van der Waals surface area contributed by atoms with Gasteiger partial charge in [-0.1, -0.05) is 0 Å². The number of aromatic carboxylic acids is 1. The van der Waals surface area contributed by atoms with E-state index in [0.717, 1.165) is 23.8 Å². The molecule has 0 spiro atoms. The number of hydrogen-bond acceptors (Lipinski definition) is 3. The maximum Gasteiger partial charge on any atom is 0.335 e. The van der Waals surface area contributed by atoms with Crippen LogP contribution in [0, 0.1) is 5.82 Å². The Morgan fingerprint density at radius 1 is 1.19 bits per heavy atom. The molecule has 108 valence electrons. The van der Waals surface area contributed by atoms with E-state index in [4.69, 9.17) is 5.11 Å². The summed E-state index contributed by atoms with van der Waals surface area (Å²) in [7, 11) is 0. The zero-order valence-corrected chi connectivity index (χ0v) is 11.0. The largest absolute Gasteiger partial charge is 0.478 e. The molecule has 0 aliphatic rings. The second kappa shape index (κ2) is 6.60. The summed E-state index contributed by atoms with van der Waals surface area (Å²) in [6.45, 7) is 0. The molecule has 6 heteroatoms. The van der Waals surface area contributed by atoms with Crippen LogP contribution in [0.25, 0.3) is 0 Å². The molecule has 5 nitrogen and oxygen atoms in total. The number of nitrogens with zero attached hydrogens (tertiary/aromatic N) is 1. The summed E-state index contributed by atoms with van der Waals surface area (Å²) in [6.07, 6.45) is 3.92. The van der Waals surface area contributed by atoms with E-state index in [-0.39, 0.29) is 23.6 Å². The molecule has 1 heterocycles. The van der Waals surface area contributed by atoms with Crippen LogP contribution in [0.4, 0.5) is 10.1 Å². The molecule has 0 atom stereocenters. The van der Waals surface area contributed by atoms with Gasteiger partial charge in [-0.05, 0) is 42.3 Å². The number of benzene rings is 1. The van der Waals surface area contributed by atoms with Gasteiger partial charge in [0.2, 0.25) is 5.91 Å². The Hall–Kier alpha value is -2.76. The van der Waals surface area contributed by atoms with Crippen molar-refractivity contribution in [1.82, 2.24) is 4.98 Å². The molecule has 0 aliphatic heterocycles. The fourth-order valence-electron chi connectivity index (χ4n) is 1.77. The van der Waals surface area contributed by atoms with E-state index in [1.54, 1.807) is 24.5 Å². The molecule has 2 N–H and O–H groups in total. The van der Waals surface area contributed by atoms with Crippen molar-refractivity contribution < 1.29 is 19.1 Å². The molecule has 2 aromatic rings. The smallest absolute Gasteiger partial charge is 0.335 e. The SMILES string of the molecule is O=C(CCc1ccncc1)Nc1cc(C(=O)O)ccc1F. The second-order valence-electron chi connectivity index (χ2n) is 4.40. The van der Waals surface area contributed by atoms with Crippen molar-refractivity contribution in [3.05, 3.63) is 59.7 Å². The summed E-state index contributed by atoms with van der Waals surface area (Å²) in [5.74, 6) is -2.23. The number of carbonyl (C=O) groups is 2. The van der Waals surface area contributed by atoms with E-state index in [9.17, 15) is 14.0 Å². The first-order valence-electron chi connectivity index (χ1n) is 6.28. The molecule has 0 unspecified atom stereocenters. The second-order valence-corrected chi connectivity index (χ2v) is 4.40. The van der Waals surface area contributed by atoms with E-state index in [1.165, 1.54) is 0 Å². The number of rotatable bonds is 5. The summed E-state index contributed by atoms with van der Waals surface area (Å²) < 4.78 is 13.5. The summed E-state index contributed by atoms with van der Waals surface area (Å²) in [5.41, 5.74) is 0.732. The van der Waals surface area contributed by atoms with Gasteiger partial charge in [0.15, 0.2) is 0 Å². The van der Waals surface area contributed by atoms with Gasteiger partial charge in [0.05, 0.1) is 11.3 Å². The number of aryl methyl sites for hydroxylation is 1. The topological polar surface area (TPSA) is 79.3 Å². The number of carboxylic acids is 1. The third-order valence-electron chi connectivity index (χ3n) is 2.88. The molecule has 1 aromatic carbocycles. The van der Waals surface area contributed by atoms with Gasteiger partial charge in [0.1, 0.15) is 5.82 Å². The van der Waals surface area contributed by atoms with E-state index in [2.05, 4.69) is 10.3 Å². The van der Waals surface area contributed by atoms with Crippen molar-refractivity contribution in [2.45, 2.75) is 12.8 Å². The van der Waals surface area contributed by atoms with Gasteiger partial charge in [-0.2, -0.15) is 0 Å². The first kappa shape index (κ1) is 14.6. The number of nitrogens with one attached hydrogen (secondary N) is 1. The number of carbonyl (C=O) groups excluding carboxylic acids is 1. The van der Waals surface area contributed by atoms with Crippen LogP contribution in [-0.2, 0) is 11.2 Å². The molecule has 21 heavy (non-hydrogen) atoms. The summed E-state index contributed by atoms with van der Waals surface area (Å²) in [4.78, 5) is 26.5. The predicted molar refractivity (Wildman–Crippen MR) is 74.5 cm³/mol. The van der Waals surface area contributed by atoms with Crippen LogP contribution in [0.3, 0.4) is 0 Å². The number of aromatic nitrogens is 1. The number of hydrogen-bond donors (Lipinski definition) is 2. The van der Waals surface area contributed by atoms with E-state index in [0.29, 0.717) is 6.42 Å². The monoisotopic (exact) mass is 288 g/mol. The Kier molecular flexibility index (Phi) is 4.61. The third kappa shape index (κ3) is 4.10. The molecule has 0 aliphatic carbocycles. The number of carboxylic acid groups (broad SMARTS) is 1. The highest BCUT2D eigenvalue weighted by Crippen LogP contribution is 2.17. The highest BCUT2D eigenvalue weighted by molar-refractivity contribution is 5.94. The first-order chi connectivity index (χ1) is 10.1. The third-order valence-corrected chi connectivity index (χ3v) is 2.88. The fraction of sp³-hybridized carbons (Fsp3) is 0.133. The zero-order valence-electron chi connectivity index (χ0n) is 11.0. The van der Waals surface area contributed by atoms with Gasteiger partial charge in [0, 0.05) is 18.8 Å². The van der Waals surface area contributed by atoms with Crippen molar-refractivity contribution in [1.29, 1.82) is 0 Å². The summed E-state index contributed by atoms with van der Waals surface area (Å²) in [6, 6.07) is 6.84. The summed E-state index contributed by atoms with van der Waals surface area (Å²) >= 11 is 0. The van der Waals surface area contributed by atoms with Gasteiger partial charge in [0.25, 0.3) is 0 Å². The molecule has 0 radical (unpaired) electrons. The van der Waals surface area contributed by atoms with E-state index >= 15 is 0 Å². The lowest BCUT2D eigenvalue weighted by Gasteiger charge is -2.07. The van der Waals surface area contributed by atoms with Gasteiger partial charge >= 0.3 is 5.97 Å². The first-order valence-corrected chi connectivity index (χ1v) is 6.28. The highest BCUT2D eigenvalue weighted by atomic mass is 19.1. The fourth-order valence-corrected chi connectivity index (χ4v) is 1.77. The predicted octanol–water partition coefficient (Wildman–Crippen LogP) is 2.49. The number of anilines is 1. The van der Waals surface area contributed by atoms with Crippen LogP contribution in [0.15, 0.2) is 42.7 Å². The van der Waals surface area contributed by atoms with Crippen molar-refractivity contribution in [3.8, 4) is 0 Å². The zero-order chi connectivity index (χ0) is 15.2. The molecule has 1 amide bonds. The lowest BCUT2D eigenvalue weighted by Crippen LogP contribution is -2.14. The molecular formula is C15H13FN2O3. The van der Waals surface area contributed by atoms with Crippen LogP contribution in [0.5, 0.6) is 0 Å². The molecule has 1 aromatic heterocycles. The normalized spacial score (nSPS) is 10.1. The molecule has 0 fully saturated rings. The van der Waals surface area contributed by atoms with Crippen molar-refractivity contribution in [3.63, 3.8) is 0 Å². The Balaban J connectivity index is 1.99. The van der Waals surface area contributed by atoms with Crippen molar-refractivity contribution >= 4 is 17.6 Å². The minimum atomic E-state index is -1.18. The maximum atomic E-state index is 13.5. The van der Waals surface area contributed by atoms with Crippen LogP contribution < -0.4 is 5.32 Å².